The third kappa shape index (κ3) is 2.95. The maximum Gasteiger partial charge on any atom is 0.0710 e. The smallest absolute Gasteiger partial charge is 0.0710 e. The van der Waals surface area contributed by atoms with Crippen molar-refractivity contribution in [2.24, 2.45) is 0 Å². The molecule has 0 N–H and O–H groups in total. The van der Waals surface area contributed by atoms with Crippen LogP contribution in [0, 0.1) is 0 Å². The van der Waals surface area contributed by atoms with Crippen LogP contribution in [0.25, 0.3) is 0 Å². The fraction of sp³-hybridized carbons (Fsp3) is 1.00. The molecule has 0 aromatic rings. The molecule has 2 heterocycles. The fourth-order valence-electron chi connectivity index (χ4n) is 2.78. The van der Waals surface area contributed by atoms with E-state index in [1.165, 1.54) is 32.2 Å². The molecule has 88 valence electrons. The first kappa shape index (κ1) is 11.9. The number of hydrogen-bond donors (Lipinski definition) is 0. The van der Waals surface area contributed by atoms with Gasteiger partial charge in [0.15, 0.2) is 0 Å². The van der Waals surface area contributed by atoms with Crippen molar-refractivity contribution in [1.29, 1.82) is 0 Å². The summed E-state index contributed by atoms with van der Waals surface area (Å²) in [5.74, 6) is 0. The second-order valence-electron chi connectivity index (χ2n) is 5.48. The van der Waals surface area contributed by atoms with Gasteiger partial charge in [-0.15, -0.1) is 0 Å². The van der Waals surface area contributed by atoms with Gasteiger partial charge in [-0.1, -0.05) is 15.9 Å². The molecule has 0 aliphatic carbocycles. The zero-order chi connectivity index (χ0) is 10.9. The van der Waals surface area contributed by atoms with Crippen LogP contribution in [0.15, 0.2) is 0 Å². The topological polar surface area (TPSA) is 12.5 Å². The summed E-state index contributed by atoms with van der Waals surface area (Å²) in [5.41, 5.74) is 0.119. The molecular weight excluding hydrogens is 254 g/mol. The lowest BCUT2D eigenvalue weighted by Gasteiger charge is -2.27. The van der Waals surface area contributed by atoms with Crippen molar-refractivity contribution in [3.05, 3.63) is 0 Å². The first-order chi connectivity index (χ1) is 7.11. The lowest BCUT2D eigenvalue weighted by Crippen LogP contribution is -2.37. The van der Waals surface area contributed by atoms with Crippen molar-refractivity contribution in [3.63, 3.8) is 0 Å². The number of rotatable bonds is 3. The molecule has 0 amide bonds. The summed E-state index contributed by atoms with van der Waals surface area (Å²) >= 11 is 3.61. The molecule has 0 saturated carbocycles. The van der Waals surface area contributed by atoms with Crippen molar-refractivity contribution in [2.75, 3.05) is 18.4 Å². The van der Waals surface area contributed by atoms with Gasteiger partial charge in [0, 0.05) is 17.9 Å². The molecule has 2 rings (SSSR count). The Labute approximate surface area is 101 Å². The van der Waals surface area contributed by atoms with E-state index in [4.69, 9.17) is 4.74 Å². The highest BCUT2D eigenvalue weighted by Gasteiger charge is 2.34. The summed E-state index contributed by atoms with van der Waals surface area (Å²) < 4.78 is 6.05. The van der Waals surface area contributed by atoms with Gasteiger partial charge in [-0.2, -0.15) is 0 Å². The number of likely N-dealkylation sites (tertiary alicyclic amines) is 1. The fourth-order valence-corrected chi connectivity index (χ4v) is 3.51. The molecule has 0 spiro atoms. The van der Waals surface area contributed by atoms with Crippen LogP contribution in [0.3, 0.4) is 0 Å². The number of hydrogen-bond acceptors (Lipinski definition) is 2. The maximum absolute atomic E-state index is 6.05. The largest absolute Gasteiger partial charge is 0.371 e. The highest BCUT2D eigenvalue weighted by molar-refractivity contribution is 9.09. The van der Waals surface area contributed by atoms with Crippen LogP contribution in [0.5, 0.6) is 0 Å². The van der Waals surface area contributed by atoms with E-state index in [0.717, 1.165) is 17.9 Å². The first-order valence-corrected chi connectivity index (χ1v) is 7.21. The molecule has 2 aliphatic rings. The number of nitrogens with zero attached hydrogens (tertiary/aromatic N) is 1. The lowest BCUT2D eigenvalue weighted by atomic mass is 10.1. The Kier molecular flexibility index (Phi) is 3.74. The summed E-state index contributed by atoms with van der Waals surface area (Å²) in [7, 11) is 0. The van der Waals surface area contributed by atoms with Crippen molar-refractivity contribution in [3.8, 4) is 0 Å². The van der Waals surface area contributed by atoms with Gasteiger partial charge in [0.2, 0.25) is 0 Å². The second kappa shape index (κ2) is 4.72. The quantitative estimate of drug-likeness (QED) is 0.735. The highest BCUT2D eigenvalue weighted by atomic mass is 79.9. The molecule has 0 radical (unpaired) electrons. The van der Waals surface area contributed by atoms with E-state index in [-0.39, 0.29) is 5.60 Å². The van der Waals surface area contributed by atoms with E-state index in [2.05, 4.69) is 34.7 Å². The molecule has 3 heteroatoms. The average molecular weight is 276 g/mol. The Bertz CT molecular complexity index is 220. The van der Waals surface area contributed by atoms with E-state index in [0.29, 0.717) is 6.10 Å². The molecule has 0 aromatic carbocycles. The van der Waals surface area contributed by atoms with Crippen LogP contribution >= 0.6 is 15.9 Å². The van der Waals surface area contributed by atoms with Crippen molar-refractivity contribution in [2.45, 2.75) is 57.3 Å². The Morgan fingerprint density at radius 1 is 1.40 bits per heavy atom. The summed E-state index contributed by atoms with van der Waals surface area (Å²) in [4.78, 5) is 2.60. The Morgan fingerprint density at radius 2 is 2.20 bits per heavy atom. The van der Waals surface area contributed by atoms with Crippen LogP contribution < -0.4 is 0 Å². The van der Waals surface area contributed by atoms with E-state index in [1.54, 1.807) is 0 Å². The van der Waals surface area contributed by atoms with Crippen LogP contribution in [0.4, 0.5) is 0 Å². The first-order valence-electron chi connectivity index (χ1n) is 6.08. The molecule has 2 saturated heterocycles. The summed E-state index contributed by atoms with van der Waals surface area (Å²) in [6, 6.07) is 0.748. The zero-order valence-corrected chi connectivity index (χ0v) is 11.4. The highest BCUT2D eigenvalue weighted by Crippen LogP contribution is 2.31. The van der Waals surface area contributed by atoms with Gasteiger partial charge in [0.25, 0.3) is 0 Å². The Balaban J connectivity index is 1.82. The van der Waals surface area contributed by atoms with Crippen molar-refractivity contribution >= 4 is 15.9 Å². The molecule has 2 atom stereocenters. The van der Waals surface area contributed by atoms with Gasteiger partial charge in [-0.05, 0) is 46.1 Å². The predicted octanol–water partition coefficient (Wildman–Crippen LogP) is 2.80. The molecule has 2 aliphatic heterocycles. The molecule has 15 heavy (non-hydrogen) atoms. The minimum absolute atomic E-state index is 0.119. The zero-order valence-electron chi connectivity index (χ0n) is 9.84. The van der Waals surface area contributed by atoms with Gasteiger partial charge in [0.05, 0.1) is 11.7 Å². The van der Waals surface area contributed by atoms with E-state index >= 15 is 0 Å². The monoisotopic (exact) mass is 275 g/mol. The molecular formula is C12H22BrNO. The number of halogens is 1. The predicted molar refractivity (Wildman–Crippen MR) is 66.6 cm³/mol. The van der Waals surface area contributed by atoms with E-state index < -0.39 is 0 Å². The third-order valence-electron chi connectivity index (χ3n) is 3.67. The summed E-state index contributed by atoms with van der Waals surface area (Å²) in [6.07, 6.45) is 5.62. The van der Waals surface area contributed by atoms with E-state index in [1.807, 2.05) is 0 Å². The van der Waals surface area contributed by atoms with E-state index in [9.17, 15) is 0 Å². The lowest BCUT2D eigenvalue weighted by molar-refractivity contribution is -0.0291. The normalized spacial score (nSPS) is 36.2. The van der Waals surface area contributed by atoms with Crippen LogP contribution in [0.2, 0.25) is 0 Å². The molecule has 2 unspecified atom stereocenters. The molecule has 2 nitrogen and oxygen atoms in total. The third-order valence-corrected chi connectivity index (χ3v) is 4.42. The maximum atomic E-state index is 6.05. The number of ether oxygens (including phenoxy) is 1. The SMILES string of the molecule is CC1(C)CCC(CN2CCCC2CBr)O1. The van der Waals surface area contributed by atoms with Gasteiger partial charge < -0.3 is 4.74 Å². The van der Waals surface area contributed by atoms with Gasteiger partial charge >= 0.3 is 0 Å². The van der Waals surface area contributed by atoms with Crippen molar-refractivity contribution in [1.82, 2.24) is 4.90 Å². The van der Waals surface area contributed by atoms with Gasteiger partial charge in [-0.3, -0.25) is 4.90 Å². The van der Waals surface area contributed by atoms with Crippen LogP contribution in [-0.2, 0) is 4.74 Å². The van der Waals surface area contributed by atoms with Gasteiger partial charge in [-0.25, -0.2) is 0 Å². The van der Waals surface area contributed by atoms with Crippen LogP contribution in [0.1, 0.15) is 39.5 Å². The second-order valence-corrected chi connectivity index (χ2v) is 6.13. The summed E-state index contributed by atoms with van der Waals surface area (Å²) in [6.45, 7) is 6.81. The van der Waals surface area contributed by atoms with Gasteiger partial charge in [0.1, 0.15) is 0 Å². The Hall–Kier alpha value is 0.400. The molecule has 0 bridgehead atoms. The average Bonchev–Trinajstić information content (AvgIpc) is 2.73. The van der Waals surface area contributed by atoms with Crippen molar-refractivity contribution < 1.29 is 4.74 Å². The number of alkyl halides is 1. The Morgan fingerprint density at radius 3 is 2.80 bits per heavy atom. The summed E-state index contributed by atoms with van der Waals surface area (Å²) in [5, 5.41) is 1.11. The standard InChI is InChI=1S/C12H22BrNO/c1-12(2)6-5-11(15-12)9-14-7-3-4-10(14)8-13/h10-11H,3-9H2,1-2H3. The minimum atomic E-state index is 0.119. The minimum Gasteiger partial charge on any atom is -0.371 e. The molecule has 2 fully saturated rings. The molecule has 0 aromatic heterocycles. The van der Waals surface area contributed by atoms with Crippen LogP contribution in [-0.4, -0.2) is 41.1 Å².